The fourth-order valence-electron chi connectivity index (χ4n) is 3.70. The number of aliphatic carboxylic acids is 1. The van der Waals surface area contributed by atoms with Crippen molar-refractivity contribution in [2.45, 2.75) is 45.2 Å². The van der Waals surface area contributed by atoms with Gasteiger partial charge in [0, 0.05) is 18.9 Å². The SMILES string of the molecule is CC1CCCC1C(=O)N1Cc2ccccc2CC1C(=O)O. The maximum Gasteiger partial charge on any atom is 0.326 e. The third kappa shape index (κ3) is 2.55. The van der Waals surface area contributed by atoms with Crippen LogP contribution >= 0.6 is 0 Å². The van der Waals surface area contributed by atoms with Gasteiger partial charge in [0.05, 0.1) is 0 Å². The van der Waals surface area contributed by atoms with Crippen molar-refractivity contribution in [2.75, 3.05) is 0 Å². The van der Waals surface area contributed by atoms with Crippen molar-refractivity contribution in [1.82, 2.24) is 4.90 Å². The van der Waals surface area contributed by atoms with E-state index in [2.05, 4.69) is 6.92 Å². The first-order valence-corrected chi connectivity index (χ1v) is 7.68. The molecule has 1 aromatic carbocycles. The lowest BCUT2D eigenvalue weighted by Crippen LogP contribution is -2.50. The Hall–Kier alpha value is -1.84. The summed E-state index contributed by atoms with van der Waals surface area (Å²) in [5, 5.41) is 9.50. The number of carbonyl (C=O) groups is 2. The van der Waals surface area contributed by atoms with Gasteiger partial charge in [0.2, 0.25) is 5.91 Å². The monoisotopic (exact) mass is 287 g/mol. The van der Waals surface area contributed by atoms with Gasteiger partial charge in [-0.3, -0.25) is 4.79 Å². The van der Waals surface area contributed by atoms with Crippen LogP contribution in [0.3, 0.4) is 0 Å². The molecule has 4 heteroatoms. The minimum absolute atomic E-state index is 0.00267. The zero-order valence-electron chi connectivity index (χ0n) is 12.3. The lowest BCUT2D eigenvalue weighted by molar-refractivity contribution is -0.153. The Bertz CT molecular complexity index is 569. The summed E-state index contributed by atoms with van der Waals surface area (Å²) in [5.41, 5.74) is 2.13. The van der Waals surface area contributed by atoms with Crippen LogP contribution in [0.15, 0.2) is 24.3 Å². The molecule has 0 aromatic heterocycles. The molecule has 112 valence electrons. The molecule has 3 atom stereocenters. The largest absolute Gasteiger partial charge is 0.480 e. The molecule has 1 aliphatic carbocycles. The van der Waals surface area contributed by atoms with E-state index in [1.165, 1.54) is 0 Å². The molecular weight excluding hydrogens is 266 g/mol. The van der Waals surface area contributed by atoms with Crippen molar-refractivity contribution in [3.8, 4) is 0 Å². The van der Waals surface area contributed by atoms with Crippen LogP contribution < -0.4 is 0 Å². The first-order valence-electron chi connectivity index (χ1n) is 7.68. The zero-order valence-corrected chi connectivity index (χ0v) is 12.3. The fourth-order valence-corrected chi connectivity index (χ4v) is 3.70. The van der Waals surface area contributed by atoms with Crippen LogP contribution in [-0.2, 0) is 22.6 Å². The smallest absolute Gasteiger partial charge is 0.326 e. The van der Waals surface area contributed by atoms with Crippen molar-refractivity contribution in [3.05, 3.63) is 35.4 Å². The van der Waals surface area contributed by atoms with E-state index in [-0.39, 0.29) is 11.8 Å². The number of hydrogen-bond acceptors (Lipinski definition) is 2. The number of carbonyl (C=O) groups excluding carboxylic acids is 1. The number of hydrogen-bond donors (Lipinski definition) is 1. The second kappa shape index (κ2) is 5.51. The lowest BCUT2D eigenvalue weighted by Gasteiger charge is -2.36. The van der Waals surface area contributed by atoms with E-state index < -0.39 is 12.0 Å². The van der Waals surface area contributed by atoms with Gasteiger partial charge in [-0.05, 0) is 29.9 Å². The Morgan fingerprint density at radius 2 is 1.90 bits per heavy atom. The predicted molar refractivity (Wildman–Crippen MR) is 78.6 cm³/mol. The Morgan fingerprint density at radius 1 is 1.19 bits per heavy atom. The first-order chi connectivity index (χ1) is 10.1. The molecule has 1 heterocycles. The number of benzene rings is 1. The average Bonchev–Trinajstić information content (AvgIpc) is 2.91. The molecule has 0 bridgehead atoms. The molecule has 1 aromatic rings. The summed E-state index contributed by atoms with van der Waals surface area (Å²) in [6.07, 6.45) is 3.45. The van der Waals surface area contributed by atoms with Gasteiger partial charge in [-0.25, -0.2) is 4.79 Å². The summed E-state index contributed by atoms with van der Waals surface area (Å²) in [6, 6.07) is 7.10. The summed E-state index contributed by atoms with van der Waals surface area (Å²) in [4.78, 5) is 26.0. The van der Waals surface area contributed by atoms with Crippen LogP contribution in [0, 0.1) is 11.8 Å². The summed E-state index contributed by atoms with van der Waals surface area (Å²) in [5.74, 6) is -0.508. The number of amides is 1. The van der Waals surface area contributed by atoms with Gasteiger partial charge in [-0.2, -0.15) is 0 Å². The molecule has 4 nitrogen and oxygen atoms in total. The third-order valence-electron chi connectivity index (χ3n) is 5.00. The minimum atomic E-state index is -0.900. The topological polar surface area (TPSA) is 57.6 Å². The van der Waals surface area contributed by atoms with E-state index in [0.717, 1.165) is 30.4 Å². The van der Waals surface area contributed by atoms with Gasteiger partial charge in [-0.1, -0.05) is 37.6 Å². The zero-order chi connectivity index (χ0) is 15.0. The first kappa shape index (κ1) is 14.1. The Balaban J connectivity index is 1.89. The van der Waals surface area contributed by atoms with Crippen LogP contribution in [0.2, 0.25) is 0 Å². The van der Waals surface area contributed by atoms with Crippen LogP contribution in [0.1, 0.15) is 37.3 Å². The second-order valence-corrected chi connectivity index (χ2v) is 6.31. The average molecular weight is 287 g/mol. The fraction of sp³-hybridized carbons (Fsp3) is 0.529. The van der Waals surface area contributed by atoms with Crippen molar-refractivity contribution in [2.24, 2.45) is 11.8 Å². The van der Waals surface area contributed by atoms with Crippen LogP contribution in [-0.4, -0.2) is 27.9 Å². The Kier molecular flexibility index (Phi) is 3.70. The maximum absolute atomic E-state index is 12.8. The number of rotatable bonds is 2. The highest BCUT2D eigenvalue weighted by Gasteiger charge is 2.40. The number of carboxylic acid groups (broad SMARTS) is 1. The van der Waals surface area contributed by atoms with Crippen molar-refractivity contribution in [1.29, 1.82) is 0 Å². The van der Waals surface area contributed by atoms with E-state index >= 15 is 0 Å². The van der Waals surface area contributed by atoms with E-state index in [4.69, 9.17) is 0 Å². The summed E-state index contributed by atoms with van der Waals surface area (Å²) >= 11 is 0. The third-order valence-corrected chi connectivity index (χ3v) is 5.00. The maximum atomic E-state index is 12.8. The Labute approximate surface area is 124 Å². The molecular formula is C17H21NO3. The van der Waals surface area contributed by atoms with E-state index in [9.17, 15) is 14.7 Å². The van der Waals surface area contributed by atoms with E-state index in [1.54, 1.807) is 4.90 Å². The molecule has 0 radical (unpaired) electrons. The molecule has 3 unspecified atom stereocenters. The van der Waals surface area contributed by atoms with Gasteiger partial charge in [-0.15, -0.1) is 0 Å². The van der Waals surface area contributed by atoms with E-state index in [0.29, 0.717) is 18.9 Å². The normalized spacial score (nSPS) is 28.2. The molecule has 0 saturated heterocycles. The minimum Gasteiger partial charge on any atom is -0.480 e. The number of nitrogens with zero attached hydrogens (tertiary/aromatic N) is 1. The van der Waals surface area contributed by atoms with Crippen LogP contribution in [0.5, 0.6) is 0 Å². The second-order valence-electron chi connectivity index (χ2n) is 6.31. The summed E-state index contributed by atoms with van der Waals surface area (Å²) in [7, 11) is 0. The van der Waals surface area contributed by atoms with Crippen molar-refractivity contribution >= 4 is 11.9 Å². The highest BCUT2D eigenvalue weighted by molar-refractivity contribution is 5.86. The van der Waals surface area contributed by atoms with Gasteiger partial charge in [0.1, 0.15) is 6.04 Å². The van der Waals surface area contributed by atoms with Crippen LogP contribution in [0.25, 0.3) is 0 Å². The molecule has 0 spiro atoms. The highest BCUT2D eigenvalue weighted by Crippen LogP contribution is 2.35. The number of fused-ring (bicyclic) bond motifs is 1. The molecule has 1 amide bonds. The molecule has 1 aliphatic heterocycles. The molecule has 1 N–H and O–H groups in total. The van der Waals surface area contributed by atoms with Gasteiger partial charge >= 0.3 is 5.97 Å². The summed E-state index contributed by atoms with van der Waals surface area (Å²) in [6.45, 7) is 2.53. The molecule has 1 saturated carbocycles. The molecule has 2 aliphatic rings. The van der Waals surface area contributed by atoms with Crippen LogP contribution in [0.4, 0.5) is 0 Å². The quantitative estimate of drug-likeness (QED) is 0.909. The van der Waals surface area contributed by atoms with E-state index in [1.807, 2.05) is 24.3 Å². The lowest BCUT2D eigenvalue weighted by atomic mass is 9.90. The van der Waals surface area contributed by atoms with Gasteiger partial charge in [0.15, 0.2) is 0 Å². The van der Waals surface area contributed by atoms with Crippen molar-refractivity contribution in [3.63, 3.8) is 0 Å². The predicted octanol–water partition coefficient (Wildman–Crippen LogP) is 2.46. The molecule has 1 fully saturated rings. The Morgan fingerprint density at radius 3 is 2.52 bits per heavy atom. The van der Waals surface area contributed by atoms with Gasteiger partial charge in [0.25, 0.3) is 0 Å². The number of carboxylic acids is 1. The highest BCUT2D eigenvalue weighted by atomic mass is 16.4. The van der Waals surface area contributed by atoms with Gasteiger partial charge < -0.3 is 10.0 Å². The molecule has 3 rings (SSSR count). The molecule has 21 heavy (non-hydrogen) atoms. The summed E-state index contributed by atoms with van der Waals surface area (Å²) < 4.78 is 0. The standard InChI is InChI=1S/C17H21NO3/c1-11-5-4-8-14(11)16(19)18-10-13-7-3-2-6-12(13)9-15(18)17(20)21/h2-3,6-7,11,14-15H,4-5,8-10H2,1H3,(H,20,21). The van der Waals surface area contributed by atoms with Crippen molar-refractivity contribution < 1.29 is 14.7 Å².